The summed E-state index contributed by atoms with van der Waals surface area (Å²) in [5.74, 6) is -0.160. The topological polar surface area (TPSA) is 94.1 Å². The lowest BCUT2D eigenvalue weighted by Crippen LogP contribution is -2.39. The number of hydrogen-bond acceptors (Lipinski definition) is 6. The standard InChI is InChI=1S/C21H22N4O4S/c1-23-11-16(27)25(9-12-4-5-12)21-17(19(23)28)13-6-8-24(10-15(13)30-21)20(29)18-14(26)3-2-7-22-18/h2-3,7,12,26H,4-6,8-11H2,1H3. The van der Waals surface area contributed by atoms with Gasteiger partial charge >= 0.3 is 0 Å². The van der Waals surface area contributed by atoms with Crippen LogP contribution in [0, 0.1) is 5.92 Å². The number of aromatic nitrogens is 1. The lowest BCUT2D eigenvalue weighted by molar-refractivity contribution is -0.119. The zero-order valence-electron chi connectivity index (χ0n) is 16.6. The zero-order valence-corrected chi connectivity index (χ0v) is 17.4. The van der Waals surface area contributed by atoms with Gasteiger partial charge in [-0.2, -0.15) is 0 Å². The maximum atomic E-state index is 13.1. The molecule has 0 spiro atoms. The van der Waals surface area contributed by atoms with Crippen molar-refractivity contribution < 1.29 is 19.5 Å². The van der Waals surface area contributed by atoms with Gasteiger partial charge in [-0.25, -0.2) is 4.98 Å². The second kappa shape index (κ2) is 7.09. The summed E-state index contributed by atoms with van der Waals surface area (Å²) in [6, 6.07) is 3.02. The van der Waals surface area contributed by atoms with Gasteiger partial charge in [0.2, 0.25) is 5.91 Å². The van der Waals surface area contributed by atoms with Crippen LogP contribution in [0.2, 0.25) is 0 Å². The van der Waals surface area contributed by atoms with E-state index in [-0.39, 0.29) is 35.7 Å². The summed E-state index contributed by atoms with van der Waals surface area (Å²) in [7, 11) is 1.66. The van der Waals surface area contributed by atoms with Gasteiger partial charge in [0, 0.05) is 31.2 Å². The molecule has 0 atom stereocenters. The molecule has 0 bridgehead atoms. The van der Waals surface area contributed by atoms with Crippen LogP contribution in [-0.4, -0.2) is 64.3 Å². The summed E-state index contributed by atoms with van der Waals surface area (Å²) in [5, 5.41) is 10.7. The molecule has 4 heterocycles. The van der Waals surface area contributed by atoms with Crippen molar-refractivity contribution in [3.63, 3.8) is 0 Å². The predicted octanol–water partition coefficient (Wildman–Crippen LogP) is 1.88. The largest absolute Gasteiger partial charge is 0.505 e. The summed E-state index contributed by atoms with van der Waals surface area (Å²) in [4.78, 5) is 48.7. The van der Waals surface area contributed by atoms with E-state index >= 15 is 0 Å². The van der Waals surface area contributed by atoms with E-state index in [2.05, 4.69) is 4.98 Å². The van der Waals surface area contributed by atoms with Crippen molar-refractivity contribution in [2.24, 2.45) is 5.92 Å². The number of hydrogen-bond donors (Lipinski definition) is 1. The second-order valence-corrected chi connectivity index (χ2v) is 9.22. The highest BCUT2D eigenvalue weighted by Crippen LogP contribution is 2.43. The first-order chi connectivity index (χ1) is 14.4. The molecule has 2 aliphatic heterocycles. The zero-order chi connectivity index (χ0) is 21.0. The van der Waals surface area contributed by atoms with Gasteiger partial charge in [0.15, 0.2) is 5.69 Å². The maximum Gasteiger partial charge on any atom is 0.276 e. The number of anilines is 1. The summed E-state index contributed by atoms with van der Waals surface area (Å²) in [5.41, 5.74) is 1.59. The fraction of sp³-hybridized carbons (Fsp3) is 0.429. The fourth-order valence-electron chi connectivity index (χ4n) is 4.09. The quantitative estimate of drug-likeness (QED) is 0.809. The highest BCUT2D eigenvalue weighted by atomic mass is 32.1. The SMILES string of the molecule is CN1CC(=O)N(CC2CC2)c2sc3c(c2C1=O)CCN(C(=O)c1ncccc1O)C3. The van der Waals surface area contributed by atoms with Gasteiger partial charge in [0.25, 0.3) is 11.8 Å². The Morgan fingerprint density at radius 3 is 2.83 bits per heavy atom. The second-order valence-electron chi connectivity index (χ2n) is 8.14. The Bertz CT molecular complexity index is 1060. The highest BCUT2D eigenvalue weighted by Gasteiger charge is 2.39. The molecule has 0 unspecified atom stereocenters. The Morgan fingerprint density at radius 2 is 2.10 bits per heavy atom. The van der Waals surface area contributed by atoms with Gasteiger partial charge in [-0.15, -0.1) is 11.3 Å². The number of thiophene rings is 1. The van der Waals surface area contributed by atoms with Gasteiger partial charge in [0.1, 0.15) is 17.3 Å². The molecule has 1 saturated carbocycles. The Kier molecular flexibility index (Phi) is 4.50. The van der Waals surface area contributed by atoms with Crippen molar-refractivity contribution in [2.45, 2.75) is 25.8 Å². The molecular weight excluding hydrogens is 404 g/mol. The number of fused-ring (bicyclic) bond motifs is 3. The van der Waals surface area contributed by atoms with Crippen LogP contribution in [0.4, 0.5) is 5.00 Å². The minimum absolute atomic E-state index is 0.0282. The first-order valence-electron chi connectivity index (χ1n) is 10.1. The normalized spacial score (nSPS) is 18.9. The van der Waals surface area contributed by atoms with E-state index in [0.29, 0.717) is 37.5 Å². The van der Waals surface area contributed by atoms with E-state index in [1.54, 1.807) is 22.9 Å². The Hall–Kier alpha value is -2.94. The van der Waals surface area contributed by atoms with Crippen molar-refractivity contribution in [2.75, 3.05) is 31.6 Å². The van der Waals surface area contributed by atoms with Crippen LogP contribution in [0.1, 0.15) is 44.1 Å². The minimum Gasteiger partial charge on any atom is -0.505 e. The van der Waals surface area contributed by atoms with Crippen molar-refractivity contribution in [1.82, 2.24) is 14.8 Å². The molecule has 0 radical (unpaired) electrons. The van der Waals surface area contributed by atoms with Gasteiger partial charge in [0.05, 0.1) is 12.1 Å². The van der Waals surface area contributed by atoms with E-state index in [0.717, 1.165) is 28.3 Å². The number of pyridine rings is 1. The van der Waals surface area contributed by atoms with Crippen molar-refractivity contribution >= 4 is 34.1 Å². The van der Waals surface area contributed by atoms with Gasteiger partial charge in [-0.05, 0) is 42.9 Å². The van der Waals surface area contributed by atoms with Crippen molar-refractivity contribution in [1.29, 1.82) is 0 Å². The average molecular weight is 426 g/mol. The Labute approximate surface area is 177 Å². The fourth-order valence-corrected chi connectivity index (χ4v) is 5.47. The molecule has 2 aromatic rings. The third kappa shape index (κ3) is 3.13. The Morgan fingerprint density at radius 1 is 1.30 bits per heavy atom. The first kappa shape index (κ1) is 19.0. The lowest BCUT2D eigenvalue weighted by atomic mass is 10.0. The molecular formula is C21H22N4O4S. The lowest BCUT2D eigenvalue weighted by Gasteiger charge is -2.27. The number of amides is 3. The molecule has 156 valence electrons. The first-order valence-corrected chi connectivity index (χ1v) is 10.9. The van der Waals surface area contributed by atoms with Crippen LogP contribution in [0.3, 0.4) is 0 Å². The van der Waals surface area contributed by atoms with Crippen LogP contribution < -0.4 is 4.90 Å². The smallest absolute Gasteiger partial charge is 0.276 e. The molecule has 0 aromatic carbocycles. The van der Waals surface area contributed by atoms with Crippen LogP contribution in [-0.2, 0) is 17.8 Å². The molecule has 1 aliphatic carbocycles. The van der Waals surface area contributed by atoms with E-state index in [1.807, 2.05) is 0 Å². The van der Waals surface area contributed by atoms with Crippen LogP contribution in [0.25, 0.3) is 0 Å². The van der Waals surface area contributed by atoms with Crippen LogP contribution in [0.15, 0.2) is 18.3 Å². The number of rotatable bonds is 3. The molecule has 5 rings (SSSR count). The minimum atomic E-state index is -0.336. The average Bonchev–Trinajstić information content (AvgIpc) is 3.49. The highest BCUT2D eigenvalue weighted by molar-refractivity contribution is 7.17. The molecule has 1 fully saturated rings. The van der Waals surface area contributed by atoms with E-state index < -0.39 is 0 Å². The van der Waals surface area contributed by atoms with Crippen LogP contribution >= 0.6 is 11.3 Å². The van der Waals surface area contributed by atoms with Gasteiger partial charge < -0.3 is 19.8 Å². The number of aromatic hydroxyl groups is 1. The number of carbonyl (C=O) groups excluding carboxylic acids is 3. The van der Waals surface area contributed by atoms with E-state index in [1.165, 1.54) is 28.5 Å². The third-order valence-electron chi connectivity index (χ3n) is 5.93. The monoisotopic (exact) mass is 426 g/mol. The molecule has 3 aliphatic rings. The van der Waals surface area contributed by atoms with Crippen LogP contribution in [0.5, 0.6) is 5.75 Å². The predicted molar refractivity (Wildman–Crippen MR) is 111 cm³/mol. The molecule has 8 nitrogen and oxygen atoms in total. The molecule has 1 N–H and O–H groups in total. The molecule has 9 heteroatoms. The summed E-state index contributed by atoms with van der Waals surface area (Å²) in [6.45, 7) is 1.50. The third-order valence-corrected chi connectivity index (χ3v) is 7.17. The summed E-state index contributed by atoms with van der Waals surface area (Å²) in [6.07, 6.45) is 4.24. The van der Waals surface area contributed by atoms with Crippen molar-refractivity contribution in [3.05, 3.63) is 40.0 Å². The van der Waals surface area contributed by atoms with Gasteiger partial charge in [-0.1, -0.05) is 0 Å². The molecule has 3 amide bonds. The summed E-state index contributed by atoms with van der Waals surface area (Å²) >= 11 is 1.44. The Balaban J connectivity index is 1.50. The number of carbonyl (C=O) groups is 3. The number of likely N-dealkylation sites (N-methyl/N-ethyl adjacent to an activating group) is 1. The summed E-state index contributed by atoms with van der Waals surface area (Å²) < 4.78 is 0. The van der Waals surface area contributed by atoms with E-state index in [9.17, 15) is 19.5 Å². The molecule has 0 saturated heterocycles. The number of nitrogens with zero attached hydrogens (tertiary/aromatic N) is 4. The molecule has 30 heavy (non-hydrogen) atoms. The van der Waals surface area contributed by atoms with Crippen molar-refractivity contribution in [3.8, 4) is 5.75 Å². The van der Waals surface area contributed by atoms with Gasteiger partial charge in [-0.3, -0.25) is 14.4 Å². The van der Waals surface area contributed by atoms with E-state index in [4.69, 9.17) is 0 Å². The maximum absolute atomic E-state index is 13.1. The molecule has 2 aromatic heterocycles.